The van der Waals surface area contributed by atoms with Gasteiger partial charge in [0.15, 0.2) is 0 Å². The smallest absolute Gasteiger partial charge is 0.373 e. The van der Waals surface area contributed by atoms with Gasteiger partial charge in [0.1, 0.15) is 11.6 Å². The van der Waals surface area contributed by atoms with E-state index in [1.807, 2.05) is 0 Å². The maximum Gasteiger partial charge on any atom is 0.373 e. The highest BCUT2D eigenvalue weighted by atomic mass is 32.2. The molecule has 3 aromatic rings. The number of methoxy groups -OCH3 is 1. The molecule has 1 fully saturated rings. The van der Waals surface area contributed by atoms with Crippen molar-refractivity contribution in [1.82, 2.24) is 9.47 Å². The molecule has 0 N–H and O–H groups in total. The second-order valence-corrected chi connectivity index (χ2v) is 7.27. The van der Waals surface area contributed by atoms with Crippen molar-refractivity contribution in [2.24, 2.45) is 0 Å². The Labute approximate surface area is 174 Å². The predicted octanol–water partition coefficient (Wildman–Crippen LogP) is 4.23. The van der Waals surface area contributed by atoms with Gasteiger partial charge >= 0.3 is 5.97 Å². The highest BCUT2D eigenvalue weighted by molar-refractivity contribution is 8.18. The summed E-state index contributed by atoms with van der Waals surface area (Å²) in [4.78, 5) is 37.8. The van der Waals surface area contributed by atoms with Crippen molar-refractivity contribution in [3.05, 3.63) is 82.7 Å². The van der Waals surface area contributed by atoms with Crippen LogP contribution in [-0.4, -0.2) is 33.7 Å². The zero-order chi connectivity index (χ0) is 21.3. The van der Waals surface area contributed by atoms with E-state index in [9.17, 15) is 18.8 Å². The third-order valence-corrected chi connectivity index (χ3v) is 5.31. The van der Waals surface area contributed by atoms with Gasteiger partial charge in [-0.2, -0.15) is 0 Å². The highest BCUT2D eigenvalue weighted by Crippen LogP contribution is 2.34. The van der Waals surface area contributed by atoms with E-state index in [1.54, 1.807) is 47.2 Å². The molecule has 0 aliphatic carbocycles. The van der Waals surface area contributed by atoms with Crippen molar-refractivity contribution in [2.75, 3.05) is 7.11 Å². The lowest BCUT2D eigenvalue weighted by Gasteiger charge is -2.10. The molecule has 1 aliphatic rings. The van der Waals surface area contributed by atoms with Crippen molar-refractivity contribution >= 4 is 35.0 Å². The fourth-order valence-corrected chi connectivity index (χ4v) is 3.80. The molecule has 0 unspecified atom stereocenters. The second kappa shape index (κ2) is 8.03. The zero-order valence-electron chi connectivity index (χ0n) is 15.7. The van der Waals surface area contributed by atoms with Crippen LogP contribution >= 0.6 is 11.8 Å². The van der Waals surface area contributed by atoms with Gasteiger partial charge in [0.25, 0.3) is 11.1 Å². The molecule has 7 nitrogen and oxygen atoms in total. The number of rotatable bonds is 5. The molecule has 0 spiro atoms. The first-order chi connectivity index (χ1) is 14.5. The second-order valence-electron chi connectivity index (χ2n) is 6.28. The molecule has 2 amide bonds. The standard InChI is InChI=1S/C21H15FN2O5S/c1-28-20(26)17-9-8-14(29-17)12-24-19(25)18(30-21(24)27)11-13-5-4-10-23(13)16-7-3-2-6-15(16)22/h2-11H,12H2,1H3/b18-11+. The summed E-state index contributed by atoms with van der Waals surface area (Å²) >= 11 is 0.783. The fraction of sp³-hybridized carbons (Fsp3) is 0.0952. The Morgan fingerprint density at radius 3 is 2.73 bits per heavy atom. The fourth-order valence-electron chi connectivity index (χ4n) is 2.98. The van der Waals surface area contributed by atoms with E-state index in [-0.39, 0.29) is 23.0 Å². The average molecular weight is 426 g/mol. The number of hydrogen-bond acceptors (Lipinski definition) is 6. The van der Waals surface area contributed by atoms with Crippen LogP contribution in [0.5, 0.6) is 0 Å². The summed E-state index contributed by atoms with van der Waals surface area (Å²) in [6.07, 6.45) is 3.21. The lowest BCUT2D eigenvalue weighted by Crippen LogP contribution is -2.27. The first kappa shape index (κ1) is 19.7. The Bertz CT molecular complexity index is 1180. The molecule has 0 saturated carbocycles. The lowest BCUT2D eigenvalue weighted by atomic mass is 10.3. The first-order valence-corrected chi connectivity index (χ1v) is 9.64. The van der Waals surface area contributed by atoms with Crippen LogP contribution in [0.4, 0.5) is 9.18 Å². The Morgan fingerprint density at radius 2 is 1.97 bits per heavy atom. The SMILES string of the molecule is COC(=O)c1ccc(CN2C(=O)S/C(=C/c3cccn3-c3ccccc3F)C2=O)o1. The Balaban J connectivity index is 1.57. The van der Waals surface area contributed by atoms with Gasteiger partial charge in [-0.25, -0.2) is 9.18 Å². The Morgan fingerprint density at radius 1 is 1.17 bits per heavy atom. The van der Waals surface area contributed by atoms with Crippen LogP contribution in [0.1, 0.15) is 22.0 Å². The number of carbonyl (C=O) groups excluding carboxylic acids is 3. The van der Waals surface area contributed by atoms with Gasteiger partial charge in [-0.3, -0.25) is 14.5 Å². The summed E-state index contributed by atoms with van der Waals surface area (Å²) in [5.41, 5.74) is 0.885. The van der Waals surface area contributed by atoms with Gasteiger partial charge in [0.2, 0.25) is 5.76 Å². The van der Waals surface area contributed by atoms with Crippen LogP contribution in [0.3, 0.4) is 0 Å². The number of furan rings is 1. The van der Waals surface area contributed by atoms with Gasteiger partial charge < -0.3 is 13.7 Å². The number of amides is 2. The summed E-state index contributed by atoms with van der Waals surface area (Å²) in [5, 5.41) is -0.466. The summed E-state index contributed by atoms with van der Waals surface area (Å²) in [5.74, 6) is -1.30. The number of aromatic nitrogens is 1. The number of imide groups is 1. The van der Waals surface area contributed by atoms with Crippen LogP contribution in [0.15, 0.2) is 64.1 Å². The number of benzene rings is 1. The number of halogens is 1. The van der Waals surface area contributed by atoms with Gasteiger partial charge in [-0.05, 0) is 54.2 Å². The summed E-state index contributed by atoms with van der Waals surface area (Å²) < 4.78 is 25.7. The van der Waals surface area contributed by atoms with E-state index >= 15 is 0 Å². The van der Waals surface area contributed by atoms with Gasteiger partial charge in [0, 0.05) is 11.9 Å². The Kier molecular flexibility index (Phi) is 5.28. The third kappa shape index (κ3) is 3.67. The van der Waals surface area contributed by atoms with Crippen molar-refractivity contribution in [2.45, 2.75) is 6.54 Å². The van der Waals surface area contributed by atoms with Crippen molar-refractivity contribution in [3.63, 3.8) is 0 Å². The Hall–Kier alpha value is -3.59. The highest BCUT2D eigenvalue weighted by Gasteiger charge is 2.36. The molecule has 1 aliphatic heterocycles. The van der Waals surface area contributed by atoms with Crippen LogP contribution in [-0.2, 0) is 16.1 Å². The molecule has 152 valence electrons. The first-order valence-electron chi connectivity index (χ1n) is 8.82. The minimum Gasteiger partial charge on any atom is -0.463 e. The third-order valence-electron chi connectivity index (χ3n) is 4.41. The minimum absolute atomic E-state index is 0.0160. The quantitative estimate of drug-likeness (QED) is 0.449. The molecule has 2 aromatic heterocycles. The zero-order valence-corrected chi connectivity index (χ0v) is 16.5. The van der Waals surface area contributed by atoms with Gasteiger partial charge in [-0.1, -0.05) is 12.1 Å². The summed E-state index contributed by atoms with van der Waals surface area (Å²) in [6.45, 7) is -0.118. The van der Waals surface area contributed by atoms with Crippen molar-refractivity contribution < 1.29 is 27.9 Å². The molecule has 0 atom stereocenters. The number of thioether (sulfide) groups is 1. The predicted molar refractivity (Wildman–Crippen MR) is 107 cm³/mol. The van der Waals surface area contributed by atoms with Crippen LogP contribution in [0, 0.1) is 5.82 Å². The van der Waals surface area contributed by atoms with Crippen LogP contribution in [0.2, 0.25) is 0 Å². The molecular weight excluding hydrogens is 411 g/mol. The number of nitrogens with zero attached hydrogens (tertiary/aromatic N) is 2. The van der Waals surface area contributed by atoms with E-state index in [4.69, 9.17) is 4.42 Å². The van der Waals surface area contributed by atoms with E-state index in [2.05, 4.69) is 4.74 Å². The van der Waals surface area contributed by atoms with E-state index < -0.39 is 22.9 Å². The summed E-state index contributed by atoms with van der Waals surface area (Å²) in [7, 11) is 1.23. The van der Waals surface area contributed by atoms with Gasteiger partial charge in [-0.15, -0.1) is 0 Å². The number of hydrogen-bond donors (Lipinski definition) is 0. The molecule has 0 radical (unpaired) electrons. The molecule has 0 bridgehead atoms. The van der Waals surface area contributed by atoms with E-state index in [0.29, 0.717) is 11.4 Å². The van der Waals surface area contributed by atoms with Gasteiger partial charge in [0.05, 0.1) is 24.2 Å². The number of esters is 1. The number of ether oxygens (including phenoxy) is 1. The average Bonchev–Trinajstić information content (AvgIpc) is 3.45. The van der Waals surface area contributed by atoms with E-state index in [1.165, 1.54) is 25.3 Å². The summed E-state index contributed by atoms with van der Waals surface area (Å²) in [6, 6.07) is 12.6. The largest absolute Gasteiger partial charge is 0.463 e. The lowest BCUT2D eigenvalue weighted by molar-refractivity contribution is -0.123. The molecular formula is C21H15FN2O5S. The maximum atomic E-state index is 14.2. The van der Waals surface area contributed by atoms with E-state index in [0.717, 1.165) is 16.7 Å². The topological polar surface area (TPSA) is 81.8 Å². The number of para-hydroxylation sites is 1. The molecule has 3 heterocycles. The maximum absolute atomic E-state index is 14.2. The molecule has 1 saturated heterocycles. The van der Waals surface area contributed by atoms with Crippen molar-refractivity contribution in [3.8, 4) is 5.69 Å². The molecule has 9 heteroatoms. The number of carbonyl (C=O) groups is 3. The minimum atomic E-state index is -0.649. The van der Waals surface area contributed by atoms with Crippen molar-refractivity contribution in [1.29, 1.82) is 0 Å². The molecule has 30 heavy (non-hydrogen) atoms. The molecule has 4 rings (SSSR count). The normalized spacial score (nSPS) is 15.3. The molecule has 1 aromatic carbocycles. The van der Waals surface area contributed by atoms with Crippen LogP contribution in [0.25, 0.3) is 11.8 Å². The van der Waals surface area contributed by atoms with Crippen LogP contribution < -0.4 is 0 Å². The monoisotopic (exact) mass is 426 g/mol.